The lowest BCUT2D eigenvalue weighted by atomic mass is 10.1. The summed E-state index contributed by atoms with van der Waals surface area (Å²) in [6.45, 7) is 4.05. The molecule has 1 aliphatic heterocycles. The van der Waals surface area contributed by atoms with Crippen LogP contribution in [-0.4, -0.2) is 29.0 Å². The summed E-state index contributed by atoms with van der Waals surface area (Å²) in [4.78, 5) is 5.23. The van der Waals surface area contributed by atoms with Crippen molar-refractivity contribution < 1.29 is 13.2 Å². The van der Waals surface area contributed by atoms with E-state index in [2.05, 4.69) is 4.98 Å². The summed E-state index contributed by atoms with van der Waals surface area (Å²) in [7, 11) is 0. The Hall–Kier alpha value is -0.370. The molecule has 8 heteroatoms. The van der Waals surface area contributed by atoms with E-state index in [1.165, 1.54) is 0 Å². The summed E-state index contributed by atoms with van der Waals surface area (Å²) in [5, 5.41) is 0.499. The number of thiazole rings is 1. The number of rotatable bonds is 2. The quantitative estimate of drug-likeness (QED) is 0.912. The smallest absolute Gasteiger partial charge is 0.326 e. The lowest BCUT2D eigenvalue weighted by molar-refractivity contribution is -0.134. The first-order valence-corrected chi connectivity index (χ1v) is 6.17. The topological polar surface area (TPSA) is 42.2 Å². The lowest BCUT2D eigenvalue weighted by Crippen LogP contribution is -2.28. The Morgan fingerprint density at radius 2 is 2.17 bits per heavy atom. The molecule has 2 rings (SSSR count). The predicted octanol–water partition coefficient (Wildman–Crippen LogP) is 2.36. The molecule has 0 amide bonds. The number of likely N-dealkylation sites (tertiary alicyclic amines) is 1. The van der Waals surface area contributed by atoms with Gasteiger partial charge in [0.05, 0.1) is 12.7 Å². The maximum Gasteiger partial charge on any atom is 0.427 e. The van der Waals surface area contributed by atoms with E-state index in [-0.39, 0.29) is 18.4 Å². The van der Waals surface area contributed by atoms with Crippen molar-refractivity contribution in [3.05, 3.63) is 16.1 Å². The summed E-state index contributed by atoms with van der Waals surface area (Å²) >= 11 is 0.711. The fraction of sp³-hybridized carbons (Fsp3) is 0.700. The van der Waals surface area contributed by atoms with Gasteiger partial charge in [0.15, 0.2) is 0 Å². The number of alkyl halides is 3. The zero-order valence-corrected chi connectivity index (χ0v) is 11.4. The molecular formula is C10H15ClF3N3S. The molecule has 2 unspecified atom stereocenters. The van der Waals surface area contributed by atoms with Crippen molar-refractivity contribution in [1.29, 1.82) is 0 Å². The first kappa shape index (κ1) is 15.7. The Morgan fingerprint density at radius 1 is 1.50 bits per heavy atom. The van der Waals surface area contributed by atoms with Gasteiger partial charge in [0.2, 0.25) is 0 Å². The van der Waals surface area contributed by atoms with Crippen LogP contribution in [0.1, 0.15) is 16.8 Å². The van der Waals surface area contributed by atoms with Crippen molar-refractivity contribution >= 4 is 23.7 Å². The van der Waals surface area contributed by atoms with Crippen LogP contribution in [0.5, 0.6) is 0 Å². The van der Waals surface area contributed by atoms with Crippen LogP contribution in [0.25, 0.3) is 0 Å². The van der Waals surface area contributed by atoms with Crippen molar-refractivity contribution in [2.75, 3.05) is 13.1 Å². The van der Waals surface area contributed by atoms with E-state index in [9.17, 15) is 13.2 Å². The van der Waals surface area contributed by atoms with Crippen molar-refractivity contribution in [2.24, 2.45) is 11.7 Å². The van der Waals surface area contributed by atoms with Gasteiger partial charge in [-0.15, -0.1) is 23.7 Å². The van der Waals surface area contributed by atoms with Crippen molar-refractivity contribution in [3.8, 4) is 0 Å². The largest absolute Gasteiger partial charge is 0.427 e. The maximum absolute atomic E-state index is 12.4. The van der Waals surface area contributed by atoms with E-state index in [4.69, 9.17) is 5.73 Å². The van der Waals surface area contributed by atoms with Crippen LogP contribution in [0.15, 0.2) is 6.20 Å². The van der Waals surface area contributed by atoms with Crippen molar-refractivity contribution in [3.63, 3.8) is 0 Å². The Balaban J connectivity index is 0.00000162. The zero-order valence-electron chi connectivity index (χ0n) is 9.78. The highest BCUT2D eigenvalue weighted by atomic mass is 35.5. The number of aromatic nitrogens is 1. The third-order valence-electron chi connectivity index (χ3n) is 2.94. The highest BCUT2D eigenvalue weighted by Gasteiger charge is 2.34. The molecule has 2 atom stereocenters. The summed E-state index contributed by atoms with van der Waals surface area (Å²) < 4.78 is 37.1. The molecule has 0 bridgehead atoms. The summed E-state index contributed by atoms with van der Waals surface area (Å²) in [6.07, 6.45) is -3.38. The van der Waals surface area contributed by atoms with E-state index in [1.807, 2.05) is 11.8 Å². The van der Waals surface area contributed by atoms with Gasteiger partial charge in [0.25, 0.3) is 0 Å². The predicted molar refractivity (Wildman–Crippen MR) is 66.8 cm³/mol. The van der Waals surface area contributed by atoms with Gasteiger partial charge in [-0.3, -0.25) is 4.90 Å². The molecule has 0 spiro atoms. The van der Waals surface area contributed by atoms with E-state index in [0.29, 0.717) is 28.8 Å². The number of hydrogen-bond donors (Lipinski definition) is 1. The third kappa shape index (κ3) is 3.57. The fourth-order valence-corrected chi connectivity index (χ4v) is 2.76. The molecule has 3 nitrogen and oxygen atoms in total. The Kier molecular flexibility index (Phi) is 4.99. The van der Waals surface area contributed by atoms with Crippen LogP contribution in [0, 0.1) is 5.92 Å². The minimum absolute atomic E-state index is 0. The normalized spacial score (nSPS) is 25.2. The minimum Gasteiger partial charge on any atom is -0.326 e. The van der Waals surface area contributed by atoms with Gasteiger partial charge in [-0.25, -0.2) is 4.98 Å². The molecule has 1 saturated heterocycles. The average molecular weight is 302 g/mol. The van der Waals surface area contributed by atoms with Crippen LogP contribution < -0.4 is 5.73 Å². The second-order valence-electron chi connectivity index (χ2n) is 4.45. The molecule has 2 N–H and O–H groups in total. The highest BCUT2D eigenvalue weighted by Crippen LogP contribution is 2.33. The third-order valence-corrected chi connectivity index (χ3v) is 3.96. The summed E-state index contributed by atoms with van der Waals surface area (Å²) in [6, 6.07) is 0.108. The standard InChI is InChI=1S/C10H14F3N3S.ClH/c1-6-3-16(4-7(6)14)5-9-15-2-8(17-9)10(11,12)13;/h2,6-7H,3-5,14H2,1H3;1H. The molecule has 1 aromatic heterocycles. The van der Waals surface area contributed by atoms with Crippen LogP contribution >= 0.6 is 23.7 Å². The number of halogens is 4. The first-order valence-electron chi connectivity index (χ1n) is 5.36. The van der Waals surface area contributed by atoms with E-state index in [0.717, 1.165) is 19.3 Å². The van der Waals surface area contributed by atoms with Crippen molar-refractivity contribution in [2.45, 2.75) is 25.7 Å². The van der Waals surface area contributed by atoms with Gasteiger partial charge in [-0.05, 0) is 5.92 Å². The lowest BCUT2D eigenvalue weighted by Gasteiger charge is -2.12. The molecular weight excluding hydrogens is 287 g/mol. The van der Waals surface area contributed by atoms with Crippen LogP contribution in [-0.2, 0) is 12.7 Å². The molecule has 0 saturated carbocycles. The van der Waals surface area contributed by atoms with E-state index < -0.39 is 11.1 Å². The molecule has 0 aromatic carbocycles. The Bertz CT molecular complexity index is 386. The van der Waals surface area contributed by atoms with Gasteiger partial charge in [0.1, 0.15) is 9.88 Å². The van der Waals surface area contributed by atoms with Crippen LogP contribution in [0.3, 0.4) is 0 Å². The Morgan fingerprint density at radius 3 is 2.61 bits per heavy atom. The molecule has 0 radical (unpaired) electrons. The average Bonchev–Trinajstić information content (AvgIpc) is 2.75. The zero-order chi connectivity index (χ0) is 12.6. The minimum atomic E-state index is -4.29. The maximum atomic E-state index is 12.4. The van der Waals surface area contributed by atoms with Gasteiger partial charge in [-0.1, -0.05) is 6.92 Å². The summed E-state index contributed by atoms with van der Waals surface area (Å²) in [5.41, 5.74) is 5.86. The monoisotopic (exact) mass is 301 g/mol. The second-order valence-corrected chi connectivity index (χ2v) is 5.57. The van der Waals surface area contributed by atoms with Gasteiger partial charge in [0, 0.05) is 19.1 Å². The molecule has 1 aliphatic rings. The Labute approximate surface area is 114 Å². The number of nitrogens with two attached hydrogens (primary N) is 1. The second kappa shape index (κ2) is 5.73. The van der Waals surface area contributed by atoms with Crippen molar-refractivity contribution in [1.82, 2.24) is 9.88 Å². The SMILES string of the molecule is CC1CN(Cc2ncc(C(F)(F)F)s2)CC1N.Cl. The fourth-order valence-electron chi connectivity index (χ4n) is 1.93. The van der Waals surface area contributed by atoms with E-state index in [1.54, 1.807) is 0 Å². The molecule has 0 aliphatic carbocycles. The van der Waals surface area contributed by atoms with E-state index >= 15 is 0 Å². The van der Waals surface area contributed by atoms with Crippen LogP contribution in [0.2, 0.25) is 0 Å². The van der Waals surface area contributed by atoms with Gasteiger partial charge < -0.3 is 5.73 Å². The molecule has 1 fully saturated rings. The number of hydrogen-bond acceptors (Lipinski definition) is 4. The first-order chi connectivity index (χ1) is 7.86. The van der Waals surface area contributed by atoms with Crippen LogP contribution in [0.4, 0.5) is 13.2 Å². The molecule has 18 heavy (non-hydrogen) atoms. The highest BCUT2D eigenvalue weighted by molar-refractivity contribution is 7.11. The van der Waals surface area contributed by atoms with Gasteiger partial charge in [-0.2, -0.15) is 13.2 Å². The summed E-state index contributed by atoms with van der Waals surface area (Å²) in [5.74, 6) is 0.386. The number of nitrogens with zero attached hydrogens (tertiary/aromatic N) is 2. The molecule has 104 valence electrons. The molecule has 1 aromatic rings. The molecule has 2 heterocycles. The van der Waals surface area contributed by atoms with Gasteiger partial charge >= 0.3 is 6.18 Å².